The Morgan fingerprint density at radius 1 is 0.976 bits per heavy atom. The van der Waals surface area contributed by atoms with Crippen LogP contribution in [0.5, 0.6) is 0 Å². The highest BCUT2D eigenvalue weighted by molar-refractivity contribution is 5.80. The average molecular weight is 569 g/mol. The minimum Gasteiger partial charge on any atom is -0.388 e. The molecule has 1 aromatic carbocycles. The molecule has 2 N–H and O–H groups in total. The molecular weight excluding hydrogens is 539 g/mol. The van der Waals surface area contributed by atoms with Crippen LogP contribution in [-0.4, -0.2) is 77.0 Å². The molecule has 0 bridgehead atoms. The Hall–Kier alpha value is -4.52. The van der Waals surface area contributed by atoms with Crippen LogP contribution in [0.25, 0.3) is 22.2 Å². The van der Waals surface area contributed by atoms with Gasteiger partial charge in [0.15, 0.2) is 0 Å². The summed E-state index contributed by atoms with van der Waals surface area (Å²) in [6.07, 6.45) is 12.8. The zero-order valence-electron chi connectivity index (χ0n) is 22.9. The fourth-order valence-corrected chi connectivity index (χ4v) is 5.53. The fourth-order valence-electron chi connectivity index (χ4n) is 5.53. The first-order valence-corrected chi connectivity index (χ1v) is 13.8. The standard InChI is InChI=1S/C30H29FN8O3/c1-30(41,22-2-4-24(31)5-3-22)23-12-32-29(33-13-23)37-8-6-19(7-9-37)28-25-10-20(14-38(25)36-18-34-28)21-11-35-39(15-21)26-16-42-17-27(26)40/h2-6,10-15,18,26-27,40-41H,7-9,16-17H2,1H3/t26?,27-,30-/m0/s1. The van der Waals surface area contributed by atoms with Crippen LogP contribution in [0.15, 0.2) is 73.7 Å². The second kappa shape index (κ2) is 10.4. The van der Waals surface area contributed by atoms with Crippen molar-refractivity contribution < 1.29 is 19.3 Å². The third kappa shape index (κ3) is 4.73. The van der Waals surface area contributed by atoms with E-state index in [4.69, 9.17) is 4.74 Å². The van der Waals surface area contributed by atoms with Gasteiger partial charge in [-0.1, -0.05) is 18.2 Å². The SMILES string of the molecule is C[C@](O)(c1ccc(F)cc1)c1cnc(N2CC=C(c3ncnn4cc(-c5cnn(C6COC[C@@H]6O)c5)cc34)CC2)nc1. The Morgan fingerprint density at radius 3 is 2.50 bits per heavy atom. The van der Waals surface area contributed by atoms with E-state index in [9.17, 15) is 14.6 Å². The summed E-state index contributed by atoms with van der Waals surface area (Å²) in [6, 6.07) is 7.63. The Kier molecular flexibility index (Phi) is 6.53. The largest absolute Gasteiger partial charge is 0.388 e. The van der Waals surface area contributed by atoms with E-state index in [1.165, 1.54) is 12.1 Å². The monoisotopic (exact) mass is 568 g/mol. The molecule has 1 saturated heterocycles. The Morgan fingerprint density at radius 2 is 1.79 bits per heavy atom. The molecule has 4 aromatic heterocycles. The molecule has 1 unspecified atom stereocenters. The van der Waals surface area contributed by atoms with E-state index in [1.54, 1.807) is 48.7 Å². The molecule has 3 atom stereocenters. The van der Waals surface area contributed by atoms with Crippen LogP contribution >= 0.6 is 0 Å². The highest BCUT2D eigenvalue weighted by Crippen LogP contribution is 2.32. The normalized spacial score (nSPS) is 20.6. The second-order valence-corrected chi connectivity index (χ2v) is 10.8. The van der Waals surface area contributed by atoms with Gasteiger partial charge in [0.2, 0.25) is 5.95 Å². The van der Waals surface area contributed by atoms with Crippen LogP contribution in [0, 0.1) is 5.82 Å². The number of anilines is 1. The predicted molar refractivity (Wildman–Crippen MR) is 152 cm³/mol. The summed E-state index contributed by atoms with van der Waals surface area (Å²) in [4.78, 5) is 15.7. The van der Waals surface area contributed by atoms with Gasteiger partial charge in [-0.15, -0.1) is 0 Å². The number of ether oxygens (including phenoxy) is 1. The summed E-state index contributed by atoms with van der Waals surface area (Å²) in [6.45, 7) is 3.70. The van der Waals surface area contributed by atoms with Crippen molar-refractivity contribution in [1.29, 1.82) is 0 Å². The van der Waals surface area contributed by atoms with E-state index in [0.717, 1.165) is 34.3 Å². The van der Waals surface area contributed by atoms with E-state index in [1.807, 2.05) is 16.9 Å². The number of rotatable bonds is 6. The van der Waals surface area contributed by atoms with Crippen LogP contribution in [0.2, 0.25) is 0 Å². The summed E-state index contributed by atoms with van der Waals surface area (Å²) in [5.74, 6) is 0.208. The molecule has 12 heteroatoms. The number of fused-ring (bicyclic) bond motifs is 1. The zero-order valence-corrected chi connectivity index (χ0v) is 22.9. The lowest BCUT2D eigenvalue weighted by Gasteiger charge is -2.28. The lowest BCUT2D eigenvalue weighted by atomic mass is 9.90. The summed E-state index contributed by atoms with van der Waals surface area (Å²) in [7, 11) is 0. The van der Waals surface area contributed by atoms with E-state index in [2.05, 4.69) is 42.2 Å². The minimum absolute atomic E-state index is 0.190. The highest BCUT2D eigenvalue weighted by atomic mass is 19.1. The van der Waals surface area contributed by atoms with Crippen molar-refractivity contribution in [3.63, 3.8) is 0 Å². The third-order valence-electron chi connectivity index (χ3n) is 8.10. The van der Waals surface area contributed by atoms with Crippen LogP contribution in [-0.2, 0) is 10.3 Å². The van der Waals surface area contributed by atoms with Crippen LogP contribution < -0.4 is 4.90 Å². The molecule has 6 heterocycles. The van der Waals surface area contributed by atoms with E-state index < -0.39 is 11.7 Å². The van der Waals surface area contributed by atoms with Crippen LogP contribution in [0.3, 0.4) is 0 Å². The molecular formula is C30H29FN8O3. The zero-order chi connectivity index (χ0) is 28.8. The number of hydrogen-bond acceptors (Lipinski definition) is 9. The second-order valence-electron chi connectivity index (χ2n) is 10.8. The molecule has 1 fully saturated rings. The number of aliphatic hydroxyl groups is 2. The molecule has 0 aliphatic carbocycles. The first-order chi connectivity index (χ1) is 20.4. The quantitative estimate of drug-likeness (QED) is 0.318. The molecule has 0 amide bonds. The maximum Gasteiger partial charge on any atom is 0.225 e. The van der Waals surface area contributed by atoms with Crippen molar-refractivity contribution in [2.75, 3.05) is 31.2 Å². The number of aliphatic hydroxyl groups excluding tert-OH is 1. The van der Waals surface area contributed by atoms with Gasteiger partial charge in [0.05, 0.1) is 30.6 Å². The van der Waals surface area contributed by atoms with Crippen molar-refractivity contribution in [3.05, 3.63) is 96.4 Å². The Bertz CT molecular complexity index is 1760. The van der Waals surface area contributed by atoms with Gasteiger partial charge in [-0.05, 0) is 42.7 Å². The smallest absolute Gasteiger partial charge is 0.225 e. The maximum atomic E-state index is 13.3. The van der Waals surface area contributed by atoms with Gasteiger partial charge in [0, 0.05) is 54.6 Å². The van der Waals surface area contributed by atoms with Crippen molar-refractivity contribution in [2.45, 2.75) is 31.1 Å². The highest BCUT2D eigenvalue weighted by Gasteiger charge is 2.29. The van der Waals surface area contributed by atoms with Gasteiger partial charge in [-0.2, -0.15) is 10.2 Å². The van der Waals surface area contributed by atoms with Crippen LogP contribution in [0.1, 0.15) is 36.2 Å². The third-order valence-corrected chi connectivity index (χ3v) is 8.10. The van der Waals surface area contributed by atoms with Gasteiger partial charge >= 0.3 is 0 Å². The number of halogens is 1. The molecule has 42 heavy (non-hydrogen) atoms. The Labute approximate surface area is 240 Å². The summed E-state index contributed by atoms with van der Waals surface area (Å²) >= 11 is 0. The van der Waals surface area contributed by atoms with E-state index in [-0.39, 0.29) is 11.9 Å². The number of benzene rings is 1. The van der Waals surface area contributed by atoms with E-state index in [0.29, 0.717) is 43.4 Å². The fraction of sp³-hybridized carbons (Fsp3) is 0.300. The number of nitrogens with zero attached hydrogens (tertiary/aromatic N) is 8. The summed E-state index contributed by atoms with van der Waals surface area (Å²) in [5, 5.41) is 30.1. The summed E-state index contributed by atoms with van der Waals surface area (Å²) in [5.41, 5.74) is 4.50. The molecule has 5 aromatic rings. The number of hydrogen-bond donors (Lipinski definition) is 2. The van der Waals surface area contributed by atoms with Gasteiger partial charge in [0.1, 0.15) is 29.9 Å². The van der Waals surface area contributed by atoms with Crippen molar-refractivity contribution >= 4 is 17.0 Å². The minimum atomic E-state index is -1.35. The van der Waals surface area contributed by atoms with Gasteiger partial charge in [0.25, 0.3) is 0 Å². The molecule has 7 rings (SSSR count). The average Bonchev–Trinajstić information content (AvgIpc) is 3.77. The van der Waals surface area contributed by atoms with E-state index >= 15 is 0 Å². The van der Waals surface area contributed by atoms with Crippen molar-refractivity contribution in [1.82, 2.24) is 34.3 Å². The molecule has 0 saturated carbocycles. The van der Waals surface area contributed by atoms with Gasteiger partial charge in [-0.25, -0.2) is 23.9 Å². The van der Waals surface area contributed by atoms with Gasteiger partial charge in [-0.3, -0.25) is 4.68 Å². The molecule has 2 aliphatic heterocycles. The lowest BCUT2D eigenvalue weighted by Crippen LogP contribution is -2.30. The van der Waals surface area contributed by atoms with Crippen molar-refractivity contribution in [3.8, 4) is 11.1 Å². The Balaban J connectivity index is 1.09. The maximum absolute atomic E-state index is 13.3. The molecule has 2 aliphatic rings. The predicted octanol–water partition coefficient (Wildman–Crippen LogP) is 3.00. The van der Waals surface area contributed by atoms with Crippen LogP contribution in [0.4, 0.5) is 10.3 Å². The number of aromatic nitrogens is 7. The summed E-state index contributed by atoms with van der Waals surface area (Å²) < 4.78 is 22.3. The molecule has 0 spiro atoms. The lowest BCUT2D eigenvalue weighted by molar-refractivity contribution is 0.101. The van der Waals surface area contributed by atoms with Gasteiger partial charge < -0.3 is 19.8 Å². The molecule has 11 nitrogen and oxygen atoms in total. The molecule has 0 radical (unpaired) electrons. The topological polar surface area (TPSA) is 127 Å². The first-order valence-electron chi connectivity index (χ1n) is 13.8. The first kappa shape index (κ1) is 26.4. The van der Waals surface area contributed by atoms with Crippen molar-refractivity contribution in [2.24, 2.45) is 0 Å². The molecule has 214 valence electrons.